The molecule has 0 bridgehead atoms. The molecular formula is C10H25LiN2Si. The smallest absolute Gasteiger partial charge is 0.335 e. The van der Waals surface area contributed by atoms with Crippen molar-refractivity contribution in [3.05, 3.63) is 6.55 Å². The molecule has 0 heterocycles. The summed E-state index contributed by atoms with van der Waals surface area (Å²) in [6, 6.07) is 0. The first-order valence-electron chi connectivity index (χ1n) is 5.39. The predicted octanol–water partition coefficient (Wildman–Crippen LogP) is -0.881. The van der Waals surface area contributed by atoms with E-state index in [1.54, 1.807) is 0 Å². The van der Waals surface area contributed by atoms with Crippen molar-refractivity contribution in [3.63, 3.8) is 0 Å². The van der Waals surface area contributed by atoms with Crippen molar-refractivity contribution >= 4 is 8.40 Å². The predicted molar refractivity (Wildman–Crippen MR) is 62.8 cm³/mol. The first-order valence-corrected chi connectivity index (χ1v) is 8.00. The van der Waals surface area contributed by atoms with Crippen LogP contribution >= 0.6 is 0 Å². The minimum Gasteiger partial charge on any atom is -0.335 e. The van der Waals surface area contributed by atoms with Crippen LogP contribution in [0.15, 0.2) is 0 Å². The zero-order valence-corrected chi connectivity index (χ0v) is 11.9. The van der Waals surface area contributed by atoms with E-state index in [1.165, 1.54) is 0 Å². The van der Waals surface area contributed by atoms with E-state index < -0.39 is 8.40 Å². The van der Waals surface area contributed by atoms with E-state index >= 15 is 0 Å². The maximum Gasteiger partial charge on any atom is 1.00 e. The molecule has 0 N–H and O–H groups in total. The molecule has 2 nitrogen and oxygen atoms in total. The summed E-state index contributed by atoms with van der Waals surface area (Å²) < 4.78 is 5.06. The molecule has 0 rings (SSSR count). The minimum atomic E-state index is -1.55. The number of nitrogens with zero attached hydrogens (tertiary/aromatic N) is 2. The first-order chi connectivity index (χ1) is 6.04. The molecular weight excluding hydrogens is 183 g/mol. The minimum absolute atomic E-state index is 0. The van der Waals surface area contributed by atoms with Gasteiger partial charge in [-0.15, -0.1) is 0 Å². The Morgan fingerprint density at radius 1 is 0.857 bits per heavy atom. The van der Waals surface area contributed by atoms with Gasteiger partial charge in [-0.05, 0) is 26.2 Å². The Morgan fingerprint density at radius 3 is 1.21 bits per heavy atom. The number of rotatable bonds is 6. The SMILES string of the molecule is [CH2-][Si](C)(N(CC)CC)N(CC)CC.[Li+]. The summed E-state index contributed by atoms with van der Waals surface area (Å²) in [5, 5.41) is 0. The molecule has 14 heavy (non-hydrogen) atoms. The normalized spacial score (nSPS) is 12.0. The molecule has 0 saturated carbocycles. The average molecular weight is 208 g/mol. The van der Waals surface area contributed by atoms with Gasteiger partial charge in [0.2, 0.25) is 0 Å². The molecule has 0 aliphatic carbocycles. The maximum absolute atomic E-state index is 4.44. The molecule has 0 aromatic carbocycles. The molecule has 0 saturated heterocycles. The Morgan fingerprint density at radius 2 is 1.07 bits per heavy atom. The molecule has 0 aliphatic rings. The number of hydrogen-bond acceptors (Lipinski definition) is 2. The van der Waals surface area contributed by atoms with E-state index in [4.69, 9.17) is 0 Å². The fraction of sp³-hybridized carbons (Fsp3) is 0.900. The summed E-state index contributed by atoms with van der Waals surface area (Å²) in [6.07, 6.45) is 0. The van der Waals surface area contributed by atoms with Crippen LogP contribution in [0.5, 0.6) is 0 Å². The molecule has 0 radical (unpaired) electrons. The quantitative estimate of drug-likeness (QED) is 0.413. The summed E-state index contributed by atoms with van der Waals surface area (Å²) in [7, 11) is -1.55. The third-order valence-corrected chi connectivity index (χ3v) is 6.88. The van der Waals surface area contributed by atoms with Crippen LogP contribution in [0.25, 0.3) is 0 Å². The summed E-state index contributed by atoms with van der Waals surface area (Å²) in [4.78, 5) is 0. The van der Waals surface area contributed by atoms with Crippen molar-refractivity contribution in [2.75, 3.05) is 26.2 Å². The van der Waals surface area contributed by atoms with Crippen molar-refractivity contribution in [1.82, 2.24) is 9.13 Å². The van der Waals surface area contributed by atoms with Crippen LogP contribution in [0.2, 0.25) is 6.55 Å². The zero-order valence-electron chi connectivity index (χ0n) is 10.9. The van der Waals surface area contributed by atoms with Gasteiger partial charge in [0.25, 0.3) is 0 Å². The van der Waals surface area contributed by atoms with E-state index in [1.807, 2.05) is 0 Å². The molecule has 0 atom stereocenters. The summed E-state index contributed by atoms with van der Waals surface area (Å²) in [6.45, 7) is 20.2. The van der Waals surface area contributed by atoms with Crippen LogP contribution in [0.3, 0.4) is 0 Å². The fourth-order valence-electron chi connectivity index (χ4n) is 2.01. The van der Waals surface area contributed by atoms with Gasteiger partial charge in [-0.1, -0.05) is 34.2 Å². The van der Waals surface area contributed by atoms with Gasteiger partial charge in [-0.3, -0.25) is 0 Å². The van der Waals surface area contributed by atoms with Gasteiger partial charge in [-0.2, -0.15) is 0 Å². The van der Waals surface area contributed by atoms with Crippen molar-refractivity contribution in [2.24, 2.45) is 0 Å². The standard InChI is InChI=1S/C10H25N2Si.Li/c1-7-11(8-2)13(5,6)12(9-3)10-4;/h5,7-10H2,1-4,6H3;/q-1;+1. The van der Waals surface area contributed by atoms with Gasteiger partial charge in [0, 0.05) is 8.40 Å². The summed E-state index contributed by atoms with van der Waals surface area (Å²) >= 11 is 0. The average Bonchev–Trinajstić information content (AvgIpc) is 2.07. The van der Waals surface area contributed by atoms with Crippen LogP contribution in [-0.4, -0.2) is 43.7 Å². The third-order valence-electron chi connectivity index (χ3n) is 2.89. The van der Waals surface area contributed by atoms with E-state index in [0.717, 1.165) is 26.2 Å². The van der Waals surface area contributed by atoms with Gasteiger partial charge < -0.3 is 15.7 Å². The Hall–Kier alpha value is 0.734. The van der Waals surface area contributed by atoms with Crippen LogP contribution in [-0.2, 0) is 0 Å². The maximum atomic E-state index is 4.44. The van der Waals surface area contributed by atoms with Gasteiger partial charge in [-0.25, -0.2) is 0 Å². The molecule has 0 unspecified atom stereocenters. The second-order valence-corrected chi connectivity index (χ2v) is 7.26. The van der Waals surface area contributed by atoms with Crippen LogP contribution in [0.1, 0.15) is 27.7 Å². The summed E-state index contributed by atoms with van der Waals surface area (Å²) in [5.41, 5.74) is 0. The van der Waals surface area contributed by atoms with Gasteiger partial charge in [0.05, 0.1) is 0 Å². The van der Waals surface area contributed by atoms with Crippen LogP contribution in [0, 0.1) is 6.55 Å². The molecule has 0 fully saturated rings. The van der Waals surface area contributed by atoms with E-state index in [-0.39, 0.29) is 18.9 Å². The monoisotopic (exact) mass is 208 g/mol. The topological polar surface area (TPSA) is 6.48 Å². The van der Waals surface area contributed by atoms with E-state index in [9.17, 15) is 0 Å². The van der Waals surface area contributed by atoms with Gasteiger partial charge in [0.15, 0.2) is 0 Å². The van der Waals surface area contributed by atoms with Crippen LogP contribution in [0.4, 0.5) is 0 Å². The van der Waals surface area contributed by atoms with Gasteiger partial charge in [0.1, 0.15) is 0 Å². The Kier molecular flexibility index (Phi) is 9.74. The first kappa shape index (κ1) is 17.1. The van der Waals surface area contributed by atoms with E-state index in [2.05, 4.69) is 49.9 Å². The van der Waals surface area contributed by atoms with E-state index in [0.29, 0.717) is 0 Å². The molecule has 0 spiro atoms. The van der Waals surface area contributed by atoms with Crippen molar-refractivity contribution in [3.8, 4) is 0 Å². The second-order valence-electron chi connectivity index (χ2n) is 3.56. The van der Waals surface area contributed by atoms with Crippen molar-refractivity contribution in [2.45, 2.75) is 34.2 Å². The zero-order chi connectivity index (χ0) is 10.5. The third kappa shape index (κ3) is 4.08. The Bertz CT molecular complexity index is 120. The van der Waals surface area contributed by atoms with Crippen molar-refractivity contribution < 1.29 is 18.9 Å². The Balaban J connectivity index is 0. The van der Waals surface area contributed by atoms with Crippen LogP contribution < -0.4 is 18.9 Å². The fourth-order valence-corrected chi connectivity index (χ4v) is 5.13. The largest absolute Gasteiger partial charge is 1.00 e. The summed E-state index contributed by atoms with van der Waals surface area (Å²) in [5.74, 6) is 0. The van der Waals surface area contributed by atoms with Gasteiger partial charge >= 0.3 is 18.9 Å². The molecule has 0 aromatic heterocycles. The van der Waals surface area contributed by atoms with Crippen molar-refractivity contribution in [1.29, 1.82) is 0 Å². The second kappa shape index (κ2) is 7.95. The molecule has 0 aromatic rings. The molecule has 80 valence electrons. The molecule has 4 heteroatoms. The molecule has 0 amide bonds. The number of hydrogen-bond donors (Lipinski definition) is 0. The Labute approximate surface area is 103 Å². The molecule has 0 aliphatic heterocycles.